The quantitative estimate of drug-likeness (QED) is 0.332. The van der Waals surface area contributed by atoms with Crippen molar-refractivity contribution in [3.05, 3.63) is 96.1 Å². The normalized spacial score (nSPS) is 10.9. The van der Waals surface area contributed by atoms with Crippen molar-refractivity contribution < 1.29 is 0 Å². The second-order valence-electron chi connectivity index (χ2n) is 8.59. The van der Waals surface area contributed by atoms with Gasteiger partial charge in [0, 0.05) is 34.3 Å². The summed E-state index contributed by atoms with van der Waals surface area (Å²) in [6.07, 6.45) is 3.18. The third kappa shape index (κ3) is 3.74. The minimum absolute atomic E-state index is 0.105. The van der Waals surface area contributed by atoms with Crippen molar-refractivity contribution in [3.63, 3.8) is 0 Å². The Morgan fingerprint density at radius 1 is 0.676 bits per heavy atom. The maximum absolute atomic E-state index is 10.1. The van der Waals surface area contributed by atoms with Crippen molar-refractivity contribution in [2.24, 2.45) is 0 Å². The van der Waals surface area contributed by atoms with Crippen LogP contribution in [0, 0.1) is 36.5 Å². The van der Waals surface area contributed by atoms with E-state index in [4.69, 9.17) is 5.26 Å². The van der Waals surface area contributed by atoms with Crippen LogP contribution in [0.15, 0.2) is 73.1 Å². The van der Waals surface area contributed by atoms with E-state index in [9.17, 15) is 5.26 Å². The van der Waals surface area contributed by atoms with Gasteiger partial charge in [0.25, 0.3) is 0 Å². The van der Waals surface area contributed by atoms with Gasteiger partial charge in [0.2, 0.25) is 5.82 Å². The molecule has 3 heterocycles. The third-order valence-electron chi connectivity index (χ3n) is 6.23. The van der Waals surface area contributed by atoms with E-state index < -0.39 is 0 Å². The largest absolute Gasteiger partial charge is 0.308 e. The highest BCUT2D eigenvalue weighted by Gasteiger charge is 2.17. The van der Waals surface area contributed by atoms with Crippen LogP contribution in [-0.2, 0) is 0 Å². The minimum atomic E-state index is 0.105. The Balaban J connectivity index is 1.55. The van der Waals surface area contributed by atoms with Gasteiger partial charge in [-0.05, 0) is 55.8 Å². The van der Waals surface area contributed by atoms with Crippen LogP contribution in [0.1, 0.15) is 23.0 Å². The van der Waals surface area contributed by atoms with Gasteiger partial charge in [0.1, 0.15) is 23.8 Å². The molecule has 3 aromatic heterocycles. The monoisotopic (exact) mass is 478 g/mol. The van der Waals surface area contributed by atoms with Crippen molar-refractivity contribution in [1.82, 2.24) is 29.5 Å². The van der Waals surface area contributed by atoms with Crippen molar-refractivity contribution in [2.45, 2.75) is 13.8 Å². The first-order valence-electron chi connectivity index (χ1n) is 11.6. The Labute approximate surface area is 212 Å². The molecule has 0 N–H and O–H groups in total. The van der Waals surface area contributed by atoms with E-state index in [2.05, 4.69) is 53.8 Å². The summed E-state index contributed by atoms with van der Waals surface area (Å²) >= 11 is 0. The molecule has 0 bridgehead atoms. The lowest BCUT2D eigenvalue weighted by Crippen LogP contribution is -1.99. The molecule has 0 aliphatic carbocycles. The van der Waals surface area contributed by atoms with Gasteiger partial charge in [-0.2, -0.15) is 10.5 Å². The first-order valence-corrected chi connectivity index (χ1v) is 11.6. The second-order valence-corrected chi connectivity index (χ2v) is 8.59. The minimum Gasteiger partial charge on any atom is -0.308 e. The van der Waals surface area contributed by atoms with E-state index in [1.165, 1.54) is 0 Å². The maximum Gasteiger partial charge on any atom is 0.232 e. The molecule has 174 valence electrons. The fourth-order valence-electron chi connectivity index (χ4n) is 4.65. The number of hydrogen-bond donors (Lipinski definition) is 0. The predicted molar refractivity (Wildman–Crippen MR) is 140 cm³/mol. The zero-order valence-electron chi connectivity index (χ0n) is 20.0. The number of rotatable bonds is 3. The fourth-order valence-corrected chi connectivity index (χ4v) is 4.65. The van der Waals surface area contributed by atoms with Crippen LogP contribution in [0.5, 0.6) is 0 Å². The summed E-state index contributed by atoms with van der Waals surface area (Å²) in [5.74, 6) is 2.09. The number of aromatic nitrogens is 6. The van der Waals surface area contributed by atoms with Crippen LogP contribution in [0.2, 0.25) is 0 Å². The smallest absolute Gasteiger partial charge is 0.232 e. The number of benzene rings is 3. The highest BCUT2D eigenvalue weighted by Crippen LogP contribution is 2.36. The third-order valence-corrected chi connectivity index (χ3v) is 6.23. The Kier molecular flexibility index (Phi) is 5.14. The van der Waals surface area contributed by atoms with Gasteiger partial charge in [0.15, 0.2) is 5.82 Å². The van der Waals surface area contributed by atoms with Gasteiger partial charge in [-0.25, -0.2) is 24.9 Å². The van der Waals surface area contributed by atoms with Gasteiger partial charge in [-0.3, -0.25) is 0 Å². The highest BCUT2D eigenvalue weighted by atomic mass is 15.0. The molecule has 3 aromatic carbocycles. The van der Waals surface area contributed by atoms with E-state index >= 15 is 0 Å². The lowest BCUT2D eigenvalue weighted by molar-refractivity contribution is 0.929. The van der Waals surface area contributed by atoms with Crippen LogP contribution in [0.3, 0.4) is 0 Å². The van der Waals surface area contributed by atoms with E-state index in [-0.39, 0.29) is 5.82 Å². The molecule has 6 rings (SSSR count). The standard InChI is InChI=1S/C29H18N8/c1-17-34-18(2)36-29(35-17)20-8-10-27-24(12-20)23-5-3-4-6-26(23)37(27)25-9-7-19(11-21(25)13-30)22-15-32-28(14-31)33-16-22/h3-12,15-16H,1-2H3. The summed E-state index contributed by atoms with van der Waals surface area (Å²) in [6, 6.07) is 24.2. The highest BCUT2D eigenvalue weighted by molar-refractivity contribution is 6.10. The zero-order valence-corrected chi connectivity index (χ0v) is 20.0. The number of aryl methyl sites for hydroxylation is 2. The van der Waals surface area contributed by atoms with Crippen LogP contribution in [0.4, 0.5) is 0 Å². The van der Waals surface area contributed by atoms with E-state index in [1.807, 2.05) is 62.4 Å². The average Bonchev–Trinajstić information content (AvgIpc) is 3.26. The predicted octanol–water partition coefficient (Wildman–Crippen LogP) is 5.45. The molecule has 0 radical (unpaired) electrons. The summed E-state index contributed by atoms with van der Waals surface area (Å²) in [7, 11) is 0. The first-order chi connectivity index (χ1) is 18.1. The summed E-state index contributed by atoms with van der Waals surface area (Å²) in [4.78, 5) is 21.5. The molecule has 0 unspecified atom stereocenters. The molecule has 0 fully saturated rings. The molecule has 0 saturated heterocycles. The van der Waals surface area contributed by atoms with E-state index in [0.29, 0.717) is 23.0 Å². The van der Waals surface area contributed by atoms with Gasteiger partial charge in [-0.15, -0.1) is 0 Å². The fraction of sp³-hybridized carbons (Fsp3) is 0.0690. The number of nitrogens with zero attached hydrogens (tertiary/aromatic N) is 8. The molecular formula is C29H18N8. The van der Waals surface area contributed by atoms with E-state index in [1.54, 1.807) is 12.4 Å². The molecule has 8 nitrogen and oxygen atoms in total. The van der Waals surface area contributed by atoms with E-state index in [0.717, 1.165) is 44.2 Å². The molecule has 0 aliphatic rings. The Morgan fingerprint density at radius 2 is 1.38 bits per heavy atom. The molecule has 0 saturated carbocycles. The topological polar surface area (TPSA) is 117 Å². The van der Waals surface area contributed by atoms with Gasteiger partial charge in [-0.1, -0.05) is 24.3 Å². The lowest BCUT2D eigenvalue weighted by atomic mass is 10.0. The van der Waals surface area contributed by atoms with Crippen molar-refractivity contribution >= 4 is 21.8 Å². The van der Waals surface area contributed by atoms with Crippen molar-refractivity contribution in [1.29, 1.82) is 10.5 Å². The molecular weight excluding hydrogens is 460 g/mol. The first kappa shape index (κ1) is 22.0. The number of fused-ring (bicyclic) bond motifs is 3. The summed E-state index contributed by atoms with van der Waals surface area (Å²) in [6.45, 7) is 3.72. The van der Waals surface area contributed by atoms with Crippen molar-refractivity contribution in [3.8, 4) is 40.3 Å². The maximum atomic E-state index is 10.1. The molecule has 8 heteroatoms. The second kappa shape index (κ2) is 8.63. The summed E-state index contributed by atoms with van der Waals surface area (Å²) in [5.41, 5.74) is 5.68. The zero-order chi connectivity index (χ0) is 25.5. The Bertz CT molecular complexity index is 1900. The van der Waals surface area contributed by atoms with Crippen LogP contribution in [-0.4, -0.2) is 29.5 Å². The number of nitriles is 2. The molecule has 6 aromatic rings. The molecule has 0 spiro atoms. The Hall–Kier alpha value is -5.47. The molecule has 37 heavy (non-hydrogen) atoms. The van der Waals surface area contributed by atoms with Crippen LogP contribution in [0.25, 0.3) is 50.0 Å². The van der Waals surface area contributed by atoms with Gasteiger partial charge >= 0.3 is 0 Å². The molecule has 0 atom stereocenters. The average molecular weight is 479 g/mol. The number of para-hydroxylation sites is 1. The SMILES string of the molecule is Cc1nc(C)nc(-c2ccc3c(c2)c2ccccc2n3-c2ccc(-c3cnc(C#N)nc3)cc2C#N)n1. The van der Waals surface area contributed by atoms with Crippen LogP contribution >= 0.6 is 0 Å². The summed E-state index contributed by atoms with van der Waals surface area (Å²) < 4.78 is 2.11. The summed E-state index contributed by atoms with van der Waals surface area (Å²) in [5, 5.41) is 21.2. The van der Waals surface area contributed by atoms with Crippen molar-refractivity contribution in [2.75, 3.05) is 0 Å². The molecule has 0 amide bonds. The lowest BCUT2D eigenvalue weighted by Gasteiger charge is -2.12. The van der Waals surface area contributed by atoms with Crippen LogP contribution < -0.4 is 0 Å². The number of hydrogen-bond acceptors (Lipinski definition) is 7. The van der Waals surface area contributed by atoms with Gasteiger partial charge in [0.05, 0.1) is 22.3 Å². The Morgan fingerprint density at radius 3 is 2.11 bits per heavy atom. The van der Waals surface area contributed by atoms with Gasteiger partial charge < -0.3 is 4.57 Å². The molecule has 0 aliphatic heterocycles.